The van der Waals surface area contributed by atoms with Gasteiger partial charge in [0.1, 0.15) is 5.75 Å². The van der Waals surface area contributed by atoms with Gasteiger partial charge in [0.2, 0.25) is 0 Å². The topological polar surface area (TPSA) is 21.3 Å². The molecule has 1 fully saturated rings. The van der Waals surface area contributed by atoms with Crippen LogP contribution in [0.4, 0.5) is 13.2 Å². The Balaban J connectivity index is 1.96. The Morgan fingerprint density at radius 1 is 1.20 bits per heavy atom. The minimum Gasteiger partial charge on any atom is -0.406 e. The molecule has 0 aromatic heterocycles. The van der Waals surface area contributed by atoms with Gasteiger partial charge in [-0.25, -0.2) is 0 Å². The first-order chi connectivity index (χ1) is 9.42. The van der Waals surface area contributed by atoms with Crippen LogP contribution in [0.3, 0.4) is 0 Å². The molecule has 0 radical (unpaired) electrons. The highest BCUT2D eigenvalue weighted by molar-refractivity contribution is 5.28. The van der Waals surface area contributed by atoms with Crippen LogP contribution >= 0.6 is 0 Å². The molecule has 2 nitrogen and oxygen atoms in total. The zero-order valence-electron chi connectivity index (χ0n) is 11.6. The zero-order valence-corrected chi connectivity index (χ0v) is 11.6. The average molecular weight is 287 g/mol. The van der Waals surface area contributed by atoms with Crippen molar-refractivity contribution in [3.8, 4) is 5.75 Å². The molecule has 0 saturated heterocycles. The van der Waals surface area contributed by atoms with Crippen LogP contribution in [0.2, 0.25) is 0 Å². The molecule has 0 spiro atoms. The highest BCUT2D eigenvalue weighted by Crippen LogP contribution is 2.43. The summed E-state index contributed by atoms with van der Waals surface area (Å²) in [6, 6.07) is 6.24. The van der Waals surface area contributed by atoms with Crippen molar-refractivity contribution in [2.75, 3.05) is 13.1 Å². The first-order valence-corrected chi connectivity index (χ1v) is 6.98. The van der Waals surface area contributed by atoms with Gasteiger partial charge in [0.05, 0.1) is 0 Å². The molecule has 20 heavy (non-hydrogen) atoms. The maximum atomic E-state index is 12.1. The third-order valence-corrected chi connectivity index (χ3v) is 3.90. The van der Waals surface area contributed by atoms with E-state index in [0.29, 0.717) is 0 Å². The number of hydrogen-bond donors (Lipinski definition) is 1. The van der Waals surface area contributed by atoms with Gasteiger partial charge in [-0.1, -0.05) is 25.5 Å². The predicted octanol–water partition coefficient (Wildman–Crippen LogP) is 3.91. The van der Waals surface area contributed by atoms with Crippen molar-refractivity contribution in [1.29, 1.82) is 0 Å². The predicted molar refractivity (Wildman–Crippen MR) is 71.7 cm³/mol. The van der Waals surface area contributed by atoms with E-state index in [2.05, 4.69) is 17.0 Å². The second-order valence-electron chi connectivity index (χ2n) is 5.50. The van der Waals surface area contributed by atoms with Crippen molar-refractivity contribution in [1.82, 2.24) is 5.32 Å². The van der Waals surface area contributed by atoms with E-state index in [4.69, 9.17) is 0 Å². The standard InChI is InChI=1S/C15H20F3NO/c1-2-19-11-14(8-3-9-14)10-12-4-6-13(7-5-12)20-15(16,17)18/h4-7,19H,2-3,8-11H2,1H3. The third kappa shape index (κ3) is 4.13. The Morgan fingerprint density at radius 2 is 1.85 bits per heavy atom. The Bertz CT molecular complexity index is 424. The number of benzene rings is 1. The van der Waals surface area contributed by atoms with Crippen molar-refractivity contribution in [2.45, 2.75) is 39.0 Å². The average Bonchev–Trinajstić information content (AvgIpc) is 2.33. The molecule has 0 atom stereocenters. The van der Waals surface area contributed by atoms with E-state index < -0.39 is 6.36 Å². The molecule has 0 amide bonds. The van der Waals surface area contributed by atoms with E-state index in [-0.39, 0.29) is 11.2 Å². The molecule has 1 aromatic carbocycles. The summed E-state index contributed by atoms with van der Waals surface area (Å²) in [6.45, 7) is 4.00. The van der Waals surface area contributed by atoms with E-state index in [9.17, 15) is 13.2 Å². The van der Waals surface area contributed by atoms with Crippen LogP contribution in [0.15, 0.2) is 24.3 Å². The van der Waals surface area contributed by atoms with E-state index in [0.717, 1.165) is 25.1 Å². The first-order valence-electron chi connectivity index (χ1n) is 6.98. The fourth-order valence-electron chi connectivity index (χ4n) is 2.72. The molecule has 2 rings (SSSR count). The Hall–Kier alpha value is -1.23. The molecular formula is C15H20F3NO. The summed E-state index contributed by atoms with van der Waals surface area (Å²) in [5.41, 5.74) is 1.35. The monoisotopic (exact) mass is 287 g/mol. The fraction of sp³-hybridized carbons (Fsp3) is 0.600. The summed E-state index contributed by atoms with van der Waals surface area (Å²) in [5.74, 6) is -0.157. The summed E-state index contributed by atoms with van der Waals surface area (Å²) in [7, 11) is 0. The van der Waals surface area contributed by atoms with E-state index in [1.54, 1.807) is 12.1 Å². The summed E-state index contributed by atoms with van der Waals surface area (Å²) in [5, 5.41) is 3.38. The largest absolute Gasteiger partial charge is 0.573 e. The van der Waals surface area contributed by atoms with E-state index in [1.165, 1.54) is 31.4 Å². The molecular weight excluding hydrogens is 267 g/mol. The lowest BCUT2D eigenvalue weighted by molar-refractivity contribution is -0.274. The number of nitrogens with one attached hydrogen (secondary N) is 1. The smallest absolute Gasteiger partial charge is 0.406 e. The van der Waals surface area contributed by atoms with Crippen molar-refractivity contribution >= 4 is 0 Å². The van der Waals surface area contributed by atoms with Crippen molar-refractivity contribution in [2.24, 2.45) is 5.41 Å². The first kappa shape index (κ1) is 15.2. The number of ether oxygens (including phenoxy) is 1. The second kappa shape index (κ2) is 6.04. The maximum Gasteiger partial charge on any atom is 0.573 e. The van der Waals surface area contributed by atoms with Crippen LogP contribution in [-0.4, -0.2) is 19.5 Å². The highest BCUT2D eigenvalue weighted by Gasteiger charge is 2.36. The van der Waals surface area contributed by atoms with Gasteiger partial charge >= 0.3 is 6.36 Å². The number of rotatable bonds is 6. The lowest BCUT2D eigenvalue weighted by Crippen LogP contribution is -2.41. The molecule has 0 bridgehead atoms. The molecule has 1 saturated carbocycles. The Kier molecular flexibility index (Phi) is 4.58. The molecule has 1 aliphatic carbocycles. The third-order valence-electron chi connectivity index (χ3n) is 3.90. The molecule has 112 valence electrons. The van der Waals surface area contributed by atoms with Gasteiger partial charge in [-0.15, -0.1) is 13.2 Å². The van der Waals surface area contributed by atoms with Gasteiger partial charge in [-0.05, 0) is 48.9 Å². The zero-order chi connectivity index (χ0) is 14.6. The Morgan fingerprint density at radius 3 is 2.30 bits per heavy atom. The van der Waals surface area contributed by atoms with Crippen molar-refractivity contribution < 1.29 is 17.9 Å². The fourth-order valence-corrected chi connectivity index (χ4v) is 2.72. The maximum absolute atomic E-state index is 12.1. The van der Waals surface area contributed by atoms with Crippen LogP contribution in [0.25, 0.3) is 0 Å². The summed E-state index contributed by atoms with van der Waals surface area (Å²) in [4.78, 5) is 0. The lowest BCUT2D eigenvalue weighted by atomic mass is 9.65. The minimum atomic E-state index is -4.62. The molecule has 1 aliphatic rings. The van der Waals surface area contributed by atoms with Crippen molar-refractivity contribution in [3.05, 3.63) is 29.8 Å². The normalized spacial score (nSPS) is 17.6. The molecule has 5 heteroatoms. The SMILES string of the molecule is CCNCC1(Cc2ccc(OC(F)(F)F)cc2)CCC1. The Labute approximate surface area is 117 Å². The van der Waals surface area contributed by atoms with Crippen LogP contribution in [0, 0.1) is 5.41 Å². The molecule has 1 N–H and O–H groups in total. The molecule has 0 aliphatic heterocycles. The molecule has 0 heterocycles. The van der Waals surface area contributed by atoms with E-state index >= 15 is 0 Å². The number of halogens is 3. The summed E-state index contributed by atoms with van der Waals surface area (Å²) < 4.78 is 40.1. The van der Waals surface area contributed by atoms with Gasteiger partial charge in [0.25, 0.3) is 0 Å². The van der Waals surface area contributed by atoms with Gasteiger partial charge in [-0.2, -0.15) is 0 Å². The minimum absolute atomic E-state index is 0.157. The van der Waals surface area contributed by atoms with Gasteiger partial charge in [0, 0.05) is 6.54 Å². The van der Waals surface area contributed by atoms with Crippen molar-refractivity contribution in [3.63, 3.8) is 0 Å². The summed E-state index contributed by atoms with van der Waals surface area (Å²) >= 11 is 0. The van der Waals surface area contributed by atoms with E-state index in [1.807, 2.05) is 0 Å². The van der Waals surface area contributed by atoms with Crippen LogP contribution in [-0.2, 0) is 6.42 Å². The van der Waals surface area contributed by atoms with Gasteiger partial charge < -0.3 is 10.1 Å². The highest BCUT2D eigenvalue weighted by atomic mass is 19.4. The van der Waals surface area contributed by atoms with Gasteiger partial charge in [-0.3, -0.25) is 0 Å². The molecule has 1 aromatic rings. The lowest BCUT2D eigenvalue weighted by Gasteiger charge is -2.42. The van der Waals surface area contributed by atoms with Gasteiger partial charge in [0.15, 0.2) is 0 Å². The number of alkyl halides is 3. The van der Waals surface area contributed by atoms with Crippen LogP contribution < -0.4 is 10.1 Å². The summed E-state index contributed by atoms with van der Waals surface area (Å²) in [6.07, 6.45) is -0.115. The quantitative estimate of drug-likeness (QED) is 0.856. The van der Waals surface area contributed by atoms with Crippen LogP contribution in [0.1, 0.15) is 31.7 Å². The van der Waals surface area contributed by atoms with Crippen LogP contribution in [0.5, 0.6) is 5.75 Å². The molecule has 0 unspecified atom stereocenters. The number of hydrogen-bond acceptors (Lipinski definition) is 2. The second-order valence-corrected chi connectivity index (χ2v) is 5.50.